The Morgan fingerprint density at radius 3 is 1.42 bits per heavy atom. The van der Waals surface area contributed by atoms with Gasteiger partial charge in [0, 0.05) is 11.1 Å². The maximum absolute atomic E-state index is 12.3. The van der Waals surface area contributed by atoms with Crippen LogP contribution in [0.1, 0.15) is 40.1 Å². The van der Waals surface area contributed by atoms with Crippen LogP contribution in [0.5, 0.6) is 0 Å². The molecule has 0 heterocycles. The van der Waals surface area contributed by atoms with E-state index in [0.717, 1.165) is 27.3 Å². The van der Waals surface area contributed by atoms with Gasteiger partial charge in [0.2, 0.25) is 0 Å². The Bertz CT molecular complexity index is 918. The molecule has 0 aliphatic rings. The molecule has 0 saturated heterocycles. The van der Waals surface area contributed by atoms with Crippen LogP contribution >= 0.6 is 7.92 Å². The minimum absolute atomic E-state index is 0.0435. The number of hydrogen-bond acceptors (Lipinski definition) is 2. The highest BCUT2D eigenvalue weighted by Gasteiger charge is 2.25. The average molecular weight is 360 g/mol. The maximum atomic E-state index is 12.3. The number of aryl methyl sites for hydroxylation is 1. The van der Waals surface area contributed by atoms with Gasteiger partial charge in [0.25, 0.3) is 0 Å². The molecule has 3 heteroatoms. The van der Waals surface area contributed by atoms with Gasteiger partial charge in [-0.3, -0.25) is 9.59 Å². The van der Waals surface area contributed by atoms with Gasteiger partial charge in [-0.05, 0) is 50.2 Å². The van der Waals surface area contributed by atoms with Gasteiger partial charge in [0.05, 0.1) is 0 Å². The molecular weight excluding hydrogens is 339 g/mol. The normalized spacial score (nSPS) is 10.8. The van der Waals surface area contributed by atoms with Crippen LogP contribution in [0, 0.1) is 6.92 Å². The van der Waals surface area contributed by atoms with Crippen molar-refractivity contribution in [1.82, 2.24) is 0 Å². The van der Waals surface area contributed by atoms with Crippen molar-refractivity contribution in [2.24, 2.45) is 0 Å². The van der Waals surface area contributed by atoms with Crippen LogP contribution in [0.15, 0.2) is 72.8 Å². The molecule has 26 heavy (non-hydrogen) atoms. The molecular formula is C23H21O2P. The first kappa shape index (κ1) is 18.2. The SMILES string of the molecule is CC(=O)c1ccccc1P(c1ccccc1C)c1ccccc1C(C)=O. The van der Waals surface area contributed by atoms with E-state index in [4.69, 9.17) is 0 Å². The van der Waals surface area contributed by atoms with Gasteiger partial charge >= 0.3 is 0 Å². The Morgan fingerprint density at radius 1 is 0.615 bits per heavy atom. The summed E-state index contributed by atoms with van der Waals surface area (Å²) in [5.74, 6) is 0.0870. The van der Waals surface area contributed by atoms with Gasteiger partial charge in [0.1, 0.15) is 0 Å². The second-order valence-electron chi connectivity index (χ2n) is 6.27. The molecule has 0 amide bonds. The Balaban J connectivity index is 2.35. The number of carbonyl (C=O) groups excluding carboxylic acids is 2. The van der Waals surface area contributed by atoms with Crippen molar-refractivity contribution in [3.8, 4) is 0 Å². The lowest BCUT2D eigenvalue weighted by Crippen LogP contribution is -2.28. The lowest BCUT2D eigenvalue weighted by Gasteiger charge is -2.24. The lowest BCUT2D eigenvalue weighted by molar-refractivity contribution is 0.101. The van der Waals surface area contributed by atoms with Gasteiger partial charge < -0.3 is 0 Å². The second-order valence-corrected chi connectivity index (χ2v) is 8.38. The highest BCUT2D eigenvalue weighted by molar-refractivity contribution is 7.80. The summed E-state index contributed by atoms with van der Waals surface area (Å²) in [6, 6.07) is 23.7. The smallest absolute Gasteiger partial charge is 0.160 e. The summed E-state index contributed by atoms with van der Waals surface area (Å²) in [4.78, 5) is 24.6. The minimum Gasteiger partial charge on any atom is -0.294 e. The van der Waals surface area contributed by atoms with Crippen molar-refractivity contribution in [3.05, 3.63) is 89.5 Å². The first-order chi connectivity index (χ1) is 12.5. The van der Waals surface area contributed by atoms with E-state index in [-0.39, 0.29) is 11.6 Å². The number of carbonyl (C=O) groups is 2. The molecule has 2 nitrogen and oxygen atoms in total. The zero-order chi connectivity index (χ0) is 18.7. The third kappa shape index (κ3) is 3.52. The third-order valence-electron chi connectivity index (χ3n) is 4.40. The van der Waals surface area contributed by atoms with Crippen LogP contribution in [-0.4, -0.2) is 11.6 Å². The van der Waals surface area contributed by atoms with E-state index in [1.165, 1.54) is 5.30 Å². The molecule has 0 bridgehead atoms. The molecule has 0 spiro atoms. The number of Topliss-reactive ketones (excluding diaryl/α,β-unsaturated/α-hetero) is 2. The Labute approximate surface area is 155 Å². The van der Waals surface area contributed by atoms with Crippen molar-refractivity contribution >= 4 is 35.4 Å². The molecule has 130 valence electrons. The third-order valence-corrected chi connectivity index (χ3v) is 7.13. The largest absolute Gasteiger partial charge is 0.294 e. The molecule has 0 unspecified atom stereocenters. The van der Waals surface area contributed by atoms with Crippen LogP contribution in [0.3, 0.4) is 0 Å². The topological polar surface area (TPSA) is 34.1 Å². The summed E-state index contributed by atoms with van der Waals surface area (Å²) in [5, 5.41) is 3.17. The van der Waals surface area contributed by atoms with Crippen LogP contribution in [-0.2, 0) is 0 Å². The monoisotopic (exact) mass is 360 g/mol. The zero-order valence-electron chi connectivity index (χ0n) is 15.2. The van der Waals surface area contributed by atoms with Crippen molar-refractivity contribution in [2.45, 2.75) is 20.8 Å². The minimum atomic E-state index is -1.01. The standard InChI is InChI=1S/C23H21O2P/c1-16-10-4-7-13-21(16)26(22-14-8-5-11-19(22)17(2)24)23-15-9-6-12-20(23)18(3)25/h4-15H,1-3H3. The summed E-state index contributed by atoms with van der Waals surface area (Å²) in [6.45, 7) is 5.28. The molecule has 0 radical (unpaired) electrons. The molecule has 0 aliphatic heterocycles. The van der Waals surface area contributed by atoms with Crippen molar-refractivity contribution in [3.63, 3.8) is 0 Å². The fourth-order valence-electron chi connectivity index (χ4n) is 3.14. The van der Waals surface area contributed by atoms with E-state index >= 15 is 0 Å². The molecule has 0 fully saturated rings. The molecule has 0 saturated carbocycles. The van der Waals surface area contributed by atoms with Crippen molar-refractivity contribution in [1.29, 1.82) is 0 Å². The molecule has 0 aliphatic carbocycles. The van der Waals surface area contributed by atoms with Gasteiger partial charge in [-0.25, -0.2) is 0 Å². The highest BCUT2D eigenvalue weighted by Crippen LogP contribution is 2.36. The van der Waals surface area contributed by atoms with E-state index in [1.54, 1.807) is 13.8 Å². The Hall–Kier alpha value is -2.57. The number of benzene rings is 3. The number of rotatable bonds is 5. The van der Waals surface area contributed by atoms with E-state index in [0.29, 0.717) is 0 Å². The average Bonchev–Trinajstić information content (AvgIpc) is 2.64. The summed E-state index contributed by atoms with van der Waals surface area (Å²) in [6.07, 6.45) is 0. The maximum Gasteiger partial charge on any atom is 0.160 e. The fraction of sp³-hybridized carbons (Fsp3) is 0.130. The first-order valence-electron chi connectivity index (χ1n) is 8.56. The number of ketones is 2. The van der Waals surface area contributed by atoms with E-state index < -0.39 is 7.92 Å². The Morgan fingerprint density at radius 2 is 1.00 bits per heavy atom. The van der Waals surface area contributed by atoms with Crippen LogP contribution < -0.4 is 15.9 Å². The number of hydrogen-bond donors (Lipinski definition) is 0. The zero-order valence-corrected chi connectivity index (χ0v) is 16.1. The molecule has 0 atom stereocenters. The molecule has 0 aromatic heterocycles. The van der Waals surface area contributed by atoms with Crippen LogP contribution in [0.4, 0.5) is 0 Å². The van der Waals surface area contributed by atoms with Crippen LogP contribution in [0.2, 0.25) is 0 Å². The molecule has 0 N–H and O–H groups in total. The quantitative estimate of drug-likeness (QED) is 0.506. The summed E-state index contributed by atoms with van der Waals surface area (Å²) in [5.41, 5.74) is 2.61. The second kappa shape index (κ2) is 7.76. The van der Waals surface area contributed by atoms with Gasteiger partial charge in [-0.15, -0.1) is 0 Å². The van der Waals surface area contributed by atoms with Crippen LogP contribution in [0.25, 0.3) is 0 Å². The first-order valence-corrected chi connectivity index (χ1v) is 9.90. The van der Waals surface area contributed by atoms with E-state index in [2.05, 4.69) is 19.1 Å². The van der Waals surface area contributed by atoms with E-state index in [9.17, 15) is 9.59 Å². The van der Waals surface area contributed by atoms with Gasteiger partial charge in [-0.1, -0.05) is 72.8 Å². The summed E-state index contributed by atoms with van der Waals surface area (Å²) < 4.78 is 0. The lowest BCUT2D eigenvalue weighted by atomic mass is 10.1. The van der Waals surface area contributed by atoms with Gasteiger partial charge in [-0.2, -0.15) is 0 Å². The molecule has 3 aromatic carbocycles. The fourth-order valence-corrected chi connectivity index (χ4v) is 5.99. The predicted molar refractivity (Wildman–Crippen MR) is 110 cm³/mol. The van der Waals surface area contributed by atoms with E-state index in [1.807, 2.05) is 60.7 Å². The Kier molecular flexibility index (Phi) is 5.44. The molecule has 3 aromatic rings. The predicted octanol–water partition coefficient (Wildman–Crippen LogP) is 4.16. The molecule has 3 rings (SSSR count). The highest BCUT2D eigenvalue weighted by atomic mass is 31.1. The summed E-state index contributed by atoms with van der Waals surface area (Å²) in [7, 11) is -1.01. The van der Waals surface area contributed by atoms with Crippen molar-refractivity contribution in [2.75, 3.05) is 0 Å². The van der Waals surface area contributed by atoms with Gasteiger partial charge in [0.15, 0.2) is 11.6 Å². The van der Waals surface area contributed by atoms with Crippen molar-refractivity contribution < 1.29 is 9.59 Å². The summed E-state index contributed by atoms with van der Waals surface area (Å²) >= 11 is 0.